The van der Waals surface area contributed by atoms with Gasteiger partial charge in [0.15, 0.2) is 0 Å². The van der Waals surface area contributed by atoms with Gasteiger partial charge in [-0.25, -0.2) is 0 Å². The zero-order valence-corrected chi connectivity index (χ0v) is 10.0. The van der Waals surface area contributed by atoms with Gasteiger partial charge in [-0.05, 0) is 37.3 Å². The lowest BCUT2D eigenvalue weighted by atomic mass is 10.3. The molecule has 1 N–H and O–H groups in total. The van der Waals surface area contributed by atoms with Gasteiger partial charge in [0, 0.05) is 29.1 Å². The summed E-state index contributed by atoms with van der Waals surface area (Å²) in [5, 5.41) is 4.12. The van der Waals surface area contributed by atoms with Crippen LogP contribution in [0.5, 0.6) is 0 Å². The molecule has 1 aromatic carbocycles. The summed E-state index contributed by atoms with van der Waals surface area (Å²) in [4.78, 5) is 0. The molecule has 2 aromatic rings. The number of aryl methyl sites for hydroxylation is 1. The Morgan fingerprint density at radius 3 is 2.88 bits per heavy atom. The number of anilines is 1. The molecule has 1 aromatic heterocycles. The molecule has 1 heterocycles. The number of nitrogens with zero attached hydrogens (tertiary/aromatic N) is 1. The fraction of sp³-hybridized carbons (Fsp3) is 0.231. The molecule has 0 spiro atoms. The van der Waals surface area contributed by atoms with E-state index >= 15 is 0 Å². The highest BCUT2D eigenvalue weighted by Crippen LogP contribution is 2.15. The van der Waals surface area contributed by atoms with Crippen molar-refractivity contribution < 1.29 is 0 Å². The van der Waals surface area contributed by atoms with Crippen LogP contribution in [0.25, 0.3) is 0 Å². The third-order valence-electron chi connectivity index (χ3n) is 2.56. The summed E-state index contributed by atoms with van der Waals surface area (Å²) < 4.78 is 2.22. The fourth-order valence-corrected chi connectivity index (χ4v) is 1.90. The highest BCUT2D eigenvalue weighted by Gasteiger charge is 1.99. The molecule has 0 radical (unpaired) electrons. The van der Waals surface area contributed by atoms with Crippen molar-refractivity contribution >= 4 is 17.3 Å². The molecule has 0 aliphatic heterocycles. The van der Waals surface area contributed by atoms with Crippen LogP contribution in [0.3, 0.4) is 0 Å². The minimum absolute atomic E-state index is 0.760. The van der Waals surface area contributed by atoms with Gasteiger partial charge in [0.05, 0.1) is 6.54 Å². The molecule has 0 amide bonds. The average Bonchev–Trinajstić information content (AvgIpc) is 2.74. The summed E-state index contributed by atoms with van der Waals surface area (Å²) in [5.41, 5.74) is 2.33. The Bertz CT molecular complexity index is 462. The van der Waals surface area contributed by atoms with Crippen LogP contribution in [0.15, 0.2) is 42.6 Å². The van der Waals surface area contributed by atoms with Gasteiger partial charge in [-0.1, -0.05) is 17.7 Å². The van der Waals surface area contributed by atoms with Crippen molar-refractivity contribution in [2.24, 2.45) is 0 Å². The van der Waals surface area contributed by atoms with Gasteiger partial charge < -0.3 is 9.88 Å². The molecular weight excluding hydrogens is 220 g/mol. The van der Waals surface area contributed by atoms with Crippen molar-refractivity contribution in [2.45, 2.75) is 20.0 Å². The normalized spacial score (nSPS) is 10.4. The van der Waals surface area contributed by atoms with Gasteiger partial charge >= 0.3 is 0 Å². The lowest BCUT2D eigenvalue weighted by Crippen LogP contribution is -2.05. The number of hydrogen-bond acceptors (Lipinski definition) is 1. The highest BCUT2D eigenvalue weighted by molar-refractivity contribution is 6.30. The van der Waals surface area contributed by atoms with Crippen molar-refractivity contribution in [3.05, 3.63) is 53.3 Å². The molecule has 0 aliphatic rings. The van der Waals surface area contributed by atoms with Crippen LogP contribution in [0.2, 0.25) is 5.02 Å². The highest BCUT2D eigenvalue weighted by atomic mass is 35.5. The molecule has 3 heteroatoms. The van der Waals surface area contributed by atoms with E-state index in [1.807, 2.05) is 24.3 Å². The van der Waals surface area contributed by atoms with Crippen LogP contribution in [-0.2, 0) is 13.1 Å². The van der Waals surface area contributed by atoms with Crippen LogP contribution in [0.4, 0.5) is 5.69 Å². The molecule has 0 fully saturated rings. The van der Waals surface area contributed by atoms with E-state index in [2.05, 4.69) is 35.1 Å². The number of aromatic nitrogens is 1. The van der Waals surface area contributed by atoms with Gasteiger partial charge in [0.1, 0.15) is 0 Å². The van der Waals surface area contributed by atoms with Gasteiger partial charge in [-0.2, -0.15) is 0 Å². The minimum atomic E-state index is 0.760. The summed E-state index contributed by atoms with van der Waals surface area (Å²) in [6.45, 7) is 3.96. The predicted molar refractivity (Wildman–Crippen MR) is 68.9 cm³/mol. The first kappa shape index (κ1) is 11.1. The molecular formula is C13H15ClN2. The molecule has 0 unspecified atom stereocenters. The molecule has 0 bridgehead atoms. The van der Waals surface area contributed by atoms with Gasteiger partial charge in [0.2, 0.25) is 0 Å². The summed E-state index contributed by atoms with van der Waals surface area (Å²) in [5.74, 6) is 0. The standard InChI is InChI=1S/C13H15ClN2/c1-2-16-8-4-7-13(16)10-15-12-6-3-5-11(14)9-12/h3-9,15H,2,10H2,1H3. The van der Waals surface area contributed by atoms with E-state index in [-0.39, 0.29) is 0 Å². The van der Waals surface area contributed by atoms with E-state index in [0.717, 1.165) is 23.8 Å². The van der Waals surface area contributed by atoms with E-state index in [9.17, 15) is 0 Å². The first-order valence-corrected chi connectivity index (χ1v) is 5.81. The second kappa shape index (κ2) is 5.08. The molecule has 16 heavy (non-hydrogen) atoms. The van der Waals surface area contributed by atoms with Crippen molar-refractivity contribution in [3.63, 3.8) is 0 Å². The third kappa shape index (κ3) is 2.58. The predicted octanol–water partition coefficient (Wildman–Crippen LogP) is 3.77. The molecule has 2 rings (SSSR count). The van der Waals surface area contributed by atoms with Gasteiger partial charge in [-0.15, -0.1) is 0 Å². The van der Waals surface area contributed by atoms with Crippen LogP contribution in [0, 0.1) is 0 Å². The summed E-state index contributed by atoms with van der Waals surface area (Å²) in [6.07, 6.45) is 2.09. The first-order valence-electron chi connectivity index (χ1n) is 5.43. The lowest BCUT2D eigenvalue weighted by Gasteiger charge is -2.09. The molecule has 0 atom stereocenters. The topological polar surface area (TPSA) is 17.0 Å². The smallest absolute Gasteiger partial charge is 0.0553 e. The Morgan fingerprint density at radius 1 is 1.25 bits per heavy atom. The quantitative estimate of drug-likeness (QED) is 0.852. The zero-order valence-electron chi connectivity index (χ0n) is 9.28. The number of benzene rings is 1. The Morgan fingerprint density at radius 2 is 2.12 bits per heavy atom. The van der Waals surface area contributed by atoms with Crippen LogP contribution < -0.4 is 5.32 Å². The van der Waals surface area contributed by atoms with Crippen molar-refractivity contribution in [2.75, 3.05) is 5.32 Å². The average molecular weight is 235 g/mol. The second-order valence-electron chi connectivity index (χ2n) is 3.65. The SMILES string of the molecule is CCn1cccc1CNc1cccc(Cl)c1. The van der Waals surface area contributed by atoms with Gasteiger partial charge in [0.25, 0.3) is 0 Å². The Kier molecular flexibility index (Phi) is 3.52. The fourth-order valence-electron chi connectivity index (χ4n) is 1.71. The monoisotopic (exact) mass is 234 g/mol. The third-order valence-corrected chi connectivity index (χ3v) is 2.80. The first-order chi connectivity index (χ1) is 7.79. The van der Waals surface area contributed by atoms with Crippen molar-refractivity contribution in [1.29, 1.82) is 0 Å². The number of halogens is 1. The van der Waals surface area contributed by atoms with Crippen molar-refractivity contribution in [3.8, 4) is 0 Å². The maximum Gasteiger partial charge on any atom is 0.0553 e. The molecule has 0 saturated carbocycles. The van der Waals surface area contributed by atoms with Crippen molar-refractivity contribution in [1.82, 2.24) is 4.57 Å². The van der Waals surface area contributed by atoms with E-state index in [4.69, 9.17) is 11.6 Å². The van der Waals surface area contributed by atoms with E-state index in [1.165, 1.54) is 5.69 Å². The maximum absolute atomic E-state index is 5.92. The molecule has 0 saturated heterocycles. The maximum atomic E-state index is 5.92. The lowest BCUT2D eigenvalue weighted by molar-refractivity contribution is 0.724. The Balaban J connectivity index is 2.02. The van der Waals surface area contributed by atoms with Gasteiger partial charge in [-0.3, -0.25) is 0 Å². The summed E-state index contributed by atoms with van der Waals surface area (Å²) in [7, 11) is 0. The number of nitrogens with one attached hydrogen (secondary N) is 1. The van der Waals surface area contributed by atoms with E-state index in [1.54, 1.807) is 0 Å². The number of rotatable bonds is 4. The van der Waals surface area contributed by atoms with Crippen LogP contribution in [0.1, 0.15) is 12.6 Å². The van der Waals surface area contributed by atoms with Crippen LogP contribution in [-0.4, -0.2) is 4.57 Å². The summed E-state index contributed by atoms with van der Waals surface area (Å²) >= 11 is 5.92. The van der Waals surface area contributed by atoms with E-state index in [0.29, 0.717) is 0 Å². The molecule has 0 aliphatic carbocycles. The Hall–Kier alpha value is -1.41. The zero-order chi connectivity index (χ0) is 11.4. The minimum Gasteiger partial charge on any atom is -0.379 e. The second-order valence-corrected chi connectivity index (χ2v) is 4.09. The molecule has 2 nitrogen and oxygen atoms in total. The Labute approximate surface area is 101 Å². The van der Waals surface area contributed by atoms with E-state index < -0.39 is 0 Å². The summed E-state index contributed by atoms with van der Waals surface area (Å²) in [6, 6.07) is 12.0. The number of hydrogen-bond donors (Lipinski definition) is 1. The largest absolute Gasteiger partial charge is 0.379 e. The van der Waals surface area contributed by atoms with Crippen LogP contribution >= 0.6 is 11.6 Å². The molecule has 84 valence electrons.